The van der Waals surface area contributed by atoms with E-state index in [0.717, 1.165) is 0 Å². The largest absolute Gasteiger partial charge is 0.394 e. The minimum absolute atomic E-state index is 0.506. The van der Waals surface area contributed by atoms with Crippen LogP contribution in [0.4, 0.5) is 0 Å². The third-order valence-electron chi connectivity index (χ3n) is 6.69. The molecule has 0 amide bonds. The van der Waals surface area contributed by atoms with Crippen LogP contribution in [-0.2, 0) is 23.7 Å². The Hall–Kier alpha value is -0.560. The molecule has 34 heavy (non-hydrogen) atoms. The van der Waals surface area contributed by atoms with Crippen LogP contribution in [0.25, 0.3) is 0 Å². The van der Waals surface area contributed by atoms with Gasteiger partial charge in [-0.15, -0.1) is 0 Å². The average Bonchev–Trinajstić information content (AvgIpc) is 2.83. The minimum atomic E-state index is -1.72. The Labute approximate surface area is 195 Å². The molecule has 0 radical (unpaired) electrons. The highest BCUT2D eigenvalue weighted by atomic mass is 16.7. The Morgan fingerprint density at radius 3 is 1.62 bits per heavy atom. The summed E-state index contributed by atoms with van der Waals surface area (Å²) in [7, 11) is 0. The van der Waals surface area contributed by atoms with Crippen LogP contribution in [0.2, 0.25) is 0 Å². The molecule has 14 nitrogen and oxygen atoms in total. The van der Waals surface area contributed by atoms with Gasteiger partial charge in [-0.25, -0.2) is 0 Å². The van der Waals surface area contributed by atoms with E-state index < -0.39 is 112 Å². The second kappa shape index (κ2) is 11.7. The zero-order valence-electron chi connectivity index (χ0n) is 18.8. The van der Waals surface area contributed by atoms with Crippen LogP contribution in [0, 0.1) is 5.92 Å². The smallest absolute Gasteiger partial charge is 0.187 e. The summed E-state index contributed by atoms with van der Waals surface area (Å²) in [6.45, 7) is 1.28. The van der Waals surface area contributed by atoms with E-state index in [-0.39, 0.29) is 0 Å². The van der Waals surface area contributed by atoms with Gasteiger partial charge in [0, 0.05) is 5.92 Å². The maximum absolute atomic E-state index is 10.9. The van der Waals surface area contributed by atoms with Gasteiger partial charge >= 0.3 is 0 Å². The molecule has 3 rings (SSSR count). The summed E-state index contributed by atoms with van der Waals surface area (Å²) >= 11 is 0. The van der Waals surface area contributed by atoms with Gasteiger partial charge in [0.1, 0.15) is 61.0 Å². The first kappa shape index (κ1) is 28.0. The van der Waals surface area contributed by atoms with E-state index >= 15 is 0 Å². The van der Waals surface area contributed by atoms with Crippen molar-refractivity contribution in [3.05, 3.63) is 0 Å². The van der Waals surface area contributed by atoms with Crippen molar-refractivity contribution >= 4 is 0 Å². The Morgan fingerprint density at radius 1 is 0.529 bits per heavy atom. The van der Waals surface area contributed by atoms with Crippen molar-refractivity contribution in [2.24, 2.45) is 5.92 Å². The first-order valence-corrected chi connectivity index (χ1v) is 11.2. The highest BCUT2D eigenvalue weighted by molar-refractivity contribution is 4.95. The lowest BCUT2D eigenvalue weighted by Crippen LogP contribution is -2.64. The van der Waals surface area contributed by atoms with Crippen LogP contribution in [0.15, 0.2) is 0 Å². The number of hydrogen-bond donors (Lipinski definition) is 9. The van der Waals surface area contributed by atoms with Gasteiger partial charge in [0.2, 0.25) is 0 Å². The lowest BCUT2D eigenvalue weighted by molar-refractivity contribution is -0.364. The Kier molecular flexibility index (Phi) is 9.61. The lowest BCUT2D eigenvalue weighted by atomic mass is 9.91. The summed E-state index contributed by atoms with van der Waals surface area (Å²) < 4.78 is 28.0. The fourth-order valence-corrected chi connectivity index (χ4v) is 4.48. The van der Waals surface area contributed by atoms with Gasteiger partial charge in [0.15, 0.2) is 12.6 Å². The Bertz CT molecular complexity index is 636. The van der Waals surface area contributed by atoms with Crippen LogP contribution in [0.1, 0.15) is 13.8 Å². The number of hydrogen-bond acceptors (Lipinski definition) is 14. The lowest BCUT2D eigenvalue weighted by Gasteiger charge is -2.48. The molecule has 3 aliphatic heterocycles. The fraction of sp³-hybridized carbons (Fsp3) is 1.00. The quantitative estimate of drug-likeness (QED) is 0.159. The van der Waals surface area contributed by atoms with Gasteiger partial charge in [-0.1, -0.05) is 6.92 Å². The number of aliphatic hydroxyl groups excluding tert-OH is 9. The summed E-state index contributed by atoms with van der Waals surface area (Å²) in [5, 5.41) is 90.0. The molecule has 0 aromatic rings. The molecular weight excluding hydrogens is 464 g/mol. The van der Waals surface area contributed by atoms with Gasteiger partial charge in [-0.05, 0) is 6.92 Å². The molecule has 15 atom stereocenters. The molecule has 15 unspecified atom stereocenters. The predicted octanol–water partition coefficient (Wildman–Crippen LogP) is -5.23. The summed E-state index contributed by atoms with van der Waals surface area (Å²) in [4.78, 5) is 0. The standard InChI is InChI=1S/C20H36O14/c1-6-11(24)18(34-20-16(29)14(27)12(25)9(4-22)31-20)10(5-23)32-19(6)33-17-7(2)30-8(3-21)13(26)15(17)28/h6-29H,3-5H2,1-2H3. The van der Waals surface area contributed by atoms with Crippen molar-refractivity contribution in [3.63, 3.8) is 0 Å². The molecule has 0 aliphatic carbocycles. The molecule has 0 saturated carbocycles. The van der Waals surface area contributed by atoms with E-state index in [1.807, 2.05) is 0 Å². The molecule has 0 aromatic heterocycles. The van der Waals surface area contributed by atoms with E-state index in [1.165, 1.54) is 0 Å². The maximum Gasteiger partial charge on any atom is 0.187 e. The minimum Gasteiger partial charge on any atom is -0.394 e. The molecule has 3 fully saturated rings. The summed E-state index contributed by atoms with van der Waals surface area (Å²) in [6, 6.07) is 0. The van der Waals surface area contributed by atoms with Gasteiger partial charge in [-0.3, -0.25) is 0 Å². The maximum atomic E-state index is 10.9. The van der Waals surface area contributed by atoms with Crippen LogP contribution >= 0.6 is 0 Å². The second-order valence-electron chi connectivity index (χ2n) is 9.02. The SMILES string of the molecule is CC1OC(CO)C(O)C(O)C1OC1OC(CO)C(OC2OC(CO)C(O)C(O)C2O)C(O)C1C. The topological polar surface area (TPSA) is 228 Å². The van der Waals surface area contributed by atoms with Crippen LogP contribution < -0.4 is 0 Å². The van der Waals surface area contributed by atoms with Crippen molar-refractivity contribution in [2.45, 2.75) is 99.7 Å². The molecular formula is C20H36O14. The number of aliphatic hydroxyl groups is 9. The average molecular weight is 500 g/mol. The summed E-state index contributed by atoms with van der Waals surface area (Å²) in [6.07, 6.45) is -18.5. The van der Waals surface area contributed by atoms with E-state index in [9.17, 15) is 46.0 Å². The third-order valence-corrected chi connectivity index (χ3v) is 6.69. The fourth-order valence-electron chi connectivity index (χ4n) is 4.48. The predicted molar refractivity (Wildman–Crippen MR) is 108 cm³/mol. The second-order valence-corrected chi connectivity index (χ2v) is 9.02. The third kappa shape index (κ3) is 5.40. The molecule has 0 aromatic carbocycles. The van der Waals surface area contributed by atoms with Crippen molar-refractivity contribution in [1.29, 1.82) is 0 Å². The highest BCUT2D eigenvalue weighted by Gasteiger charge is 2.52. The molecule has 3 aliphatic rings. The van der Waals surface area contributed by atoms with Gasteiger partial charge < -0.3 is 69.6 Å². The van der Waals surface area contributed by atoms with E-state index in [0.29, 0.717) is 0 Å². The van der Waals surface area contributed by atoms with Crippen molar-refractivity contribution in [1.82, 2.24) is 0 Å². The van der Waals surface area contributed by atoms with Gasteiger partial charge in [0.25, 0.3) is 0 Å². The van der Waals surface area contributed by atoms with Crippen LogP contribution in [0.5, 0.6) is 0 Å². The molecule has 0 spiro atoms. The normalized spacial score (nSPS) is 52.5. The Balaban J connectivity index is 1.70. The molecule has 3 saturated heterocycles. The van der Waals surface area contributed by atoms with E-state index in [2.05, 4.69) is 0 Å². The highest BCUT2D eigenvalue weighted by Crippen LogP contribution is 2.34. The van der Waals surface area contributed by atoms with Gasteiger partial charge in [-0.2, -0.15) is 0 Å². The molecule has 14 heteroatoms. The van der Waals surface area contributed by atoms with Crippen molar-refractivity contribution in [2.75, 3.05) is 19.8 Å². The van der Waals surface area contributed by atoms with E-state index in [4.69, 9.17) is 23.7 Å². The summed E-state index contributed by atoms with van der Waals surface area (Å²) in [5.41, 5.74) is 0. The Morgan fingerprint density at radius 2 is 1.03 bits per heavy atom. The van der Waals surface area contributed by atoms with E-state index in [1.54, 1.807) is 13.8 Å². The number of ether oxygens (including phenoxy) is 5. The van der Waals surface area contributed by atoms with Crippen molar-refractivity contribution in [3.8, 4) is 0 Å². The number of rotatable bonds is 7. The zero-order valence-corrected chi connectivity index (χ0v) is 18.8. The van der Waals surface area contributed by atoms with Crippen molar-refractivity contribution < 1.29 is 69.6 Å². The zero-order chi connectivity index (χ0) is 25.3. The molecule has 0 bridgehead atoms. The molecule has 200 valence electrons. The monoisotopic (exact) mass is 500 g/mol. The molecule has 3 heterocycles. The van der Waals surface area contributed by atoms with Crippen LogP contribution in [-0.4, -0.2) is 152 Å². The van der Waals surface area contributed by atoms with Gasteiger partial charge in [0.05, 0.1) is 32.0 Å². The first-order chi connectivity index (χ1) is 16.0. The molecule has 9 N–H and O–H groups in total. The van der Waals surface area contributed by atoms with Crippen LogP contribution in [0.3, 0.4) is 0 Å². The first-order valence-electron chi connectivity index (χ1n) is 11.2. The summed E-state index contributed by atoms with van der Waals surface area (Å²) in [5.74, 6) is -0.815.